The highest BCUT2D eigenvalue weighted by atomic mass is 35.5. The number of imidazole rings is 1. The Kier molecular flexibility index (Phi) is 6.12. The lowest BCUT2D eigenvalue weighted by atomic mass is 10.1. The molecule has 0 saturated carbocycles. The molecule has 1 heterocycles. The molecule has 0 amide bonds. The maximum Gasteiger partial charge on any atom is 0.359 e. The molecule has 0 aliphatic rings. The van der Waals surface area contributed by atoms with Crippen molar-refractivity contribution < 1.29 is 9.53 Å². The molecule has 1 aromatic heterocycles. The van der Waals surface area contributed by atoms with Crippen molar-refractivity contribution in [3.05, 3.63) is 94.1 Å². The van der Waals surface area contributed by atoms with E-state index in [9.17, 15) is 4.79 Å². The topological polar surface area (TPSA) is 44.1 Å². The summed E-state index contributed by atoms with van der Waals surface area (Å²) < 4.78 is 7.29. The summed E-state index contributed by atoms with van der Waals surface area (Å²) in [6, 6.07) is 22.7. The SMILES string of the molecule is CCOC(=O)c1nc(-c2ccccc2)n(-c2cc(Cl)ccc2C)c1-c1cccc(Cl)c1. The summed E-state index contributed by atoms with van der Waals surface area (Å²) in [6.45, 7) is 4.01. The first kappa shape index (κ1) is 21.2. The zero-order valence-electron chi connectivity index (χ0n) is 17.1. The largest absolute Gasteiger partial charge is 0.461 e. The van der Waals surface area contributed by atoms with E-state index in [0.717, 1.165) is 22.4 Å². The normalized spacial score (nSPS) is 10.8. The molecular weight excluding hydrogens is 431 g/mol. The van der Waals surface area contributed by atoms with Crippen molar-refractivity contribution in [2.75, 3.05) is 6.61 Å². The van der Waals surface area contributed by atoms with Crippen molar-refractivity contribution in [2.24, 2.45) is 0 Å². The number of rotatable bonds is 5. The number of esters is 1. The lowest BCUT2D eigenvalue weighted by Gasteiger charge is -2.16. The molecule has 4 aromatic rings. The summed E-state index contributed by atoms with van der Waals surface area (Å²) in [4.78, 5) is 17.7. The molecule has 0 N–H and O–H groups in total. The molecule has 0 saturated heterocycles. The molecule has 0 radical (unpaired) electrons. The molecule has 156 valence electrons. The average Bonchev–Trinajstić information content (AvgIpc) is 3.17. The second kappa shape index (κ2) is 8.96. The van der Waals surface area contributed by atoms with Gasteiger partial charge in [0.05, 0.1) is 18.0 Å². The second-order valence-electron chi connectivity index (χ2n) is 7.00. The minimum Gasteiger partial charge on any atom is -0.461 e. The van der Waals surface area contributed by atoms with Crippen LogP contribution in [0.5, 0.6) is 0 Å². The summed E-state index contributed by atoms with van der Waals surface area (Å²) in [5, 5.41) is 1.15. The number of benzene rings is 3. The number of halogens is 2. The van der Waals surface area contributed by atoms with Gasteiger partial charge in [0.25, 0.3) is 0 Å². The number of hydrogen-bond acceptors (Lipinski definition) is 3. The third kappa shape index (κ3) is 4.22. The van der Waals surface area contributed by atoms with Crippen LogP contribution in [-0.4, -0.2) is 22.1 Å². The lowest BCUT2D eigenvalue weighted by Crippen LogP contribution is -2.08. The van der Waals surface area contributed by atoms with Crippen LogP contribution in [0, 0.1) is 6.92 Å². The zero-order valence-corrected chi connectivity index (χ0v) is 18.6. The van der Waals surface area contributed by atoms with Crippen molar-refractivity contribution >= 4 is 29.2 Å². The standard InChI is InChI=1S/C25H20Cl2N2O2/c1-3-31-25(30)22-23(18-10-7-11-19(26)14-18)29(21-15-20(27)13-12-16(21)2)24(28-22)17-8-5-4-6-9-17/h4-15H,3H2,1-2H3. The summed E-state index contributed by atoms with van der Waals surface area (Å²) in [6.07, 6.45) is 0. The van der Waals surface area contributed by atoms with Crippen molar-refractivity contribution in [1.29, 1.82) is 0 Å². The third-order valence-corrected chi connectivity index (χ3v) is 5.36. The highest BCUT2D eigenvalue weighted by Gasteiger charge is 2.27. The Balaban J connectivity index is 2.13. The van der Waals surface area contributed by atoms with E-state index in [1.807, 2.05) is 78.2 Å². The van der Waals surface area contributed by atoms with E-state index in [1.165, 1.54) is 0 Å². The van der Waals surface area contributed by atoms with Gasteiger partial charge in [-0.05, 0) is 43.7 Å². The van der Waals surface area contributed by atoms with Crippen LogP contribution >= 0.6 is 23.2 Å². The van der Waals surface area contributed by atoms with Gasteiger partial charge in [-0.25, -0.2) is 9.78 Å². The molecule has 4 nitrogen and oxygen atoms in total. The van der Waals surface area contributed by atoms with Crippen molar-refractivity contribution in [2.45, 2.75) is 13.8 Å². The van der Waals surface area contributed by atoms with Crippen molar-refractivity contribution in [3.63, 3.8) is 0 Å². The molecule has 0 atom stereocenters. The van der Waals surface area contributed by atoms with Crippen LogP contribution in [-0.2, 0) is 4.74 Å². The monoisotopic (exact) mass is 450 g/mol. The zero-order chi connectivity index (χ0) is 22.0. The van der Waals surface area contributed by atoms with E-state index in [4.69, 9.17) is 32.9 Å². The van der Waals surface area contributed by atoms with Crippen molar-refractivity contribution in [3.8, 4) is 28.3 Å². The fraction of sp³-hybridized carbons (Fsp3) is 0.120. The molecule has 0 bridgehead atoms. The van der Waals surface area contributed by atoms with Gasteiger partial charge in [-0.2, -0.15) is 0 Å². The summed E-state index contributed by atoms with van der Waals surface area (Å²) in [7, 11) is 0. The number of aryl methyl sites for hydroxylation is 1. The highest BCUT2D eigenvalue weighted by molar-refractivity contribution is 6.31. The Morgan fingerprint density at radius 1 is 0.935 bits per heavy atom. The predicted octanol–water partition coefficient (Wildman–Crippen LogP) is 7.00. The Labute approximate surface area is 191 Å². The Hall–Kier alpha value is -3.08. The molecule has 0 fully saturated rings. The van der Waals surface area contributed by atoms with Gasteiger partial charge in [0.15, 0.2) is 5.69 Å². The number of carbonyl (C=O) groups excluding carboxylic acids is 1. The van der Waals surface area contributed by atoms with Crippen molar-refractivity contribution in [1.82, 2.24) is 9.55 Å². The van der Waals surface area contributed by atoms with E-state index >= 15 is 0 Å². The second-order valence-corrected chi connectivity index (χ2v) is 7.87. The van der Waals surface area contributed by atoms with Crippen LogP contribution in [0.25, 0.3) is 28.3 Å². The number of aromatic nitrogens is 2. The molecule has 0 aliphatic heterocycles. The first-order valence-electron chi connectivity index (χ1n) is 9.87. The molecule has 0 aliphatic carbocycles. The van der Waals surface area contributed by atoms with Gasteiger partial charge in [0.2, 0.25) is 0 Å². The smallest absolute Gasteiger partial charge is 0.359 e. The van der Waals surface area contributed by atoms with E-state index in [0.29, 0.717) is 21.6 Å². The van der Waals surface area contributed by atoms with Gasteiger partial charge in [-0.1, -0.05) is 71.7 Å². The minimum absolute atomic E-state index is 0.224. The summed E-state index contributed by atoms with van der Waals surface area (Å²) in [5.41, 5.74) is 4.25. The number of nitrogens with zero attached hydrogens (tertiary/aromatic N) is 2. The highest BCUT2D eigenvalue weighted by Crippen LogP contribution is 2.36. The maximum atomic E-state index is 12.9. The first-order valence-corrected chi connectivity index (χ1v) is 10.6. The molecule has 4 rings (SSSR count). The molecular formula is C25H20Cl2N2O2. The number of hydrogen-bond donors (Lipinski definition) is 0. The van der Waals surface area contributed by atoms with E-state index < -0.39 is 5.97 Å². The fourth-order valence-electron chi connectivity index (χ4n) is 3.50. The van der Waals surface area contributed by atoms with Crippen LogP contribution in [0.1, 0.15) is 23.0 Å². The Morgan fingerprint density at radius 3 is 2.35 bits per heavy atom. The Morgan fingerprint density at radius 2 is 1.65 bits per heavy atom. The van der Waals surface area contributed by atoms with Crippen LogP contribution in [0.3, 0.4) is 0 Å². The van der Waals surface area contributed by atoms with Crippen LogP contribution in [0.4, 0.5) is 0 Å². The summed E-state index contributed by atoms with van der Waals surface area (Å²) >= 11 is 12.7. The van der Waals surface area contributed by atoms with Crippen LogP contribution in [0.2, 0.25) is 10.0 Å². The predicted molar refractivity (Wildman–Crippen MR) is 125 cm³/mol. The van der Waals surface area contributed by atoms with Gasteiger partial charge in [0.1, 0.15) is 5.82 Å². The number of ether oxygens (including phenoxy) is 1. The molecule has 6 heteroatoms. The van der Waals surface area contributed by atoms with Gasteiger partial charge < -0.3 is 4.74 Å². The fourth-order valence-corrected chi connectivity index (χ4v) is 3.86. The molecule has 0 spiro atoms. The van der Waals surface area contributed by atoms with Gasteiger partial charge in [0, 0.05) is 21.2 Å². The third-order valence-electron chi connectivity index (χ3n) is 4.89. The van der Waals surface area contributed by atoms with Crippen LogP contribution in [0.15, 0.2) is 72.8 Å². The van der Waals surface area contributed by atoms with Gasteiger partial charge in [-0.3, -0.25) is 4.57 Å². The Bertz CT molecular complexity index is 1250. The molecule has 0 unspecified atom stereocenters. The quantitative estimate of drug-likeness (QED) is 0.307. The van der Waals surface area contributed by atoms with E-state index in [1.54, 1.807) is 13.0 Å². The number of carbonyl (C=O) groups is 1. The van der Waals surface area contributed by atoms with Gasteiger partial charge in [-0.15, -0.1) is 0 Å². The van der Waals surface area contributed by atoms with E-state index in [-0.39, 0.29) is 12.3 Å². The molecule has 31 heavy (non-hydrogen) atoms. The first-order chi connectivity index (χ1) is 15.0. The molecule has 3 aromatic carbocycles. The summed E-state index contributed by atoms with van der Waals surface area (Å²) in [5.74, 6) is 0.122. The lowest BCUT2D eigenvalue weighted by molar-refractivity contribution is 0.0521. The van der Waals surface area contributed by atoms with E-state index in [2.05, 4.69) is 0 Å². The van der Waals surface area contributed by atoms with Gasteiger partial charge >= 0.3 is 5.97 Å². The van der Waals surface area contributed by atoms with Crippen LogP contribution < -0.4 is 0 Å². The maximum absolute atomic E-state index is 12.9. The minimum atomic E-state index is -0.493. The average molecular weight is 451 g/mol.